The van der Waals surface area contributed by atoms with Gasteiger partial charge < -0.3 is 15.0 Å². The molecule has 5 nitrogen and oxygen atoms in total. The first-order valence-electron chi connectivity index (χ1n) is 8.14. The number of aromatic amines is 1. The Morgan fingerprint density at radius 1 is 1.29 bits per heavy atom. The van der Waals surface area contributed by atoms with Gasteiger partial charge in [-0.15, -0.1) is 0 Å². The number of rotatable bonds is 3. The van der Waals surface area contributed by atoms with E-state index in [1.54, 1.807) is 12.3 Å². The van der Waals surface area contributed by atoms with Gasteiger partial charge in [0.05, 0.1) is 5.52 Å². The van der Waals surface area contributed by atoms with Crippen molar-refractivity contribution >= 4 is 27.7 Å². The van der Waals surface area contributed by atoms with Crippen LogP contribution in [-0.2, 0) is 4.74 Å². The molecule has 0 bridgehead atoms. The Bertz CT molecular complexity index is 900. The normalized spacial score (nSPS) is 15.9. The Hall–Kier alpha value is -2.47. The molecule has 3 heterocycles. The van der Waals surface area contributed by atoms with Gasteiger partial charge in [0, 0.05) is 42.2 Å². The van der Waals surface area contributed by atoms with Crippen molar-refractivity contribution in [2.45, 2.75) is 12.8 Å². The van der Waals surface area contributed by atoms with E-state index < -0.39 is 0 Å². The molecule has 24 heavy (non-hydrogen) atoms. The molecule has 1 aliphatic heterocycles. The van der Waals surface area contributed by atoms with Crippen LogP contribution >= 0.6 is 0 Å². The lowest BCUT2D eigenvalue weighted by atomic mass is 10.0. The highest BCUT2D eigenvalue weighted by Crippen LogP contribution is 2.27. The van der Waals surface area contributed by atoms with Gasteiger partial charge in [0.15, 0.2) is 5.69 Å². The van der Waals surface area contributed by atoms with Crippen molar-refractivity contribution in [2.75, 3.05) is 19.8 Å². The van der Waals surface area contributed by atoms with Crippen molar-refractivity contribution in [3.05, 3.63) is 42.0 Å². The molecule has 124 valence electrons. The standard InChI is InChI=1S/C18H18FN3O2/c19-12-1-2-13-14-3-6-20-17(16(14)22-15(13)9-12)18(23)21-10-11-4-7-24-8-5-11/h1-3,6,9,11,22H,4-5,7-8,10H2,(H,21,23). The fourth-order valence-corrected chi connectivity index (χ4v) is 3.25. The first-order chi connectivity index (χ1) is 11.7. The van der Waals surface area contributed by atoms with Crippen LogP contribution in [0.15, 0.2) is 30.5 Å². The van der Waals surface area contributed by atoms with Gasteiger partial charge >= 0.3 is 0 Å². The smallest absolute Gasteiger partial charge is 0.272 e. The highest BCUT2D eigenvalue weighted by atomic mass is 19.1. The van der Waals surface area contributed by atoms with Gasteiger partial charge in [-0.1, -0.05) is 0 Å². The molecular weight excluding hydrogens is 309 g/mol. The first kappa shape index (κ1) is 15.1. The number of nitrogens with zero attached hydrogens (tertiary/aromatic N) is 1. The molecule has 4 rings (SSSR count). The van der Waals surface area contributed by atoms with Gasteiger partial charge in [0.1, 0.15) is 5.82 Å². The summed E-state index contributed by atoms with van der Waals surface area (Å²) in [5, 5.41) is 4.72. The molecule has 0 saturated carbocycles. The maximum Gasteiger partial charge on any atom is 0.272 e. The fourth-order valence-electron chi connectivity index (χ4n) is 3.25. The third-order valence-corrected chi connectivity index (χ3v) is 4.59. The average Bonchev–Trinajstić information content (AvgIpc) is 2.98. The fraction of sp³-hybridized carbons (Fsp3) is 0.333. The molecule has 1 amide bonds. The predicted octanol–water partition coefficient (Wildman–Crippen LogP) is 3.01. The van der Waals surface area contributed by atoms with Crippen LogP contribution in [0.25, 0.3) is 21.8 Å². The number of nitrogens with one attached hydrogen (secondary N) is 2. The molecule has 0 spiro atoms. The van der Waals surface area contributed by atoms with Crippen LogP contribution < -0.4 is 5.32 Å². The molecule has 0 unspecified atom stereocenters. The molecule has 3 aromatic rings. The maximum atomic E-state index is 13.4. The topological polar surface area (TPSA) is 67.0 Å². The number of benzene rings is 1. The monoisotopic (exact) mass is 327 g/mol. The molecular formula is C18H18FN3O2. The number of hydrogen-bond donors (Lipinski definition) is 2. The first-order valence-corrected chi connectivity index (χ1v) is 8.14. The second-order valence-electron chi connectivity index (χ2n) is 6.16. The van der Waals surface area contributed by atoms with Gasteiger partial charge in [0.25, 0.3) is 5.91 Å². The van der Waals surface area contributed by atoms with Crippen LogP contribution in [0, 0.1) is 11.7 Å². The average molecular weight is 327 g/mol. The summed E-state index contributed by atoms with van der Waals surface area (Å²) in [5.74, 6) is -0.0784. The lowest BCUT2D eigenvalue weighted by molar-refractivity contribution is 0.0642. The second kappa shape index (κ2) is 6.20. The zero-order chi connectivity index (χ0) is 16.5. The third kappa shape index (κ3) is 2.73. The summed E-state index contributed by atoms with van der Waals surface area (Å²) >= 11 is 0. The Balaban J connectivity index is 1.63. The minimum Gasteiger partial charge on any atom is -0.381 e. The van der Waals surface area contributed by atoms with Crippen LogP contribution in [0.4, 0.5) is 4.39 Å². The largest absolute Gasteiger partial charge is 0.381 e. The minimum absolute atomic E-state index is 0.209. The van der Waals surface area contributed by atoms with E-state index in [2.05, 4.69) is 15.3 Å². The predicted molar refractivity (Wildman–Crippen MR) is 89.4 cm³/mol. The van der Waals surface area contributed by atoms with Crippen molar-refractivity contribution < 1.29 is 13.9 Å². The molecule has 2 aromatic heterocycles. The highest BCUT2D eigenvalue weighted by molar-refractivity contribution is 6.13. The van der Waals surface area contributed by atoms with Crippen LogP contribution in [0.3, 0.4) is 0 Å². The number of H-pyrrole nitrogens is 1. The Morgan fingerprint density at radius 2 is 2.12 bits per heavy atom. The molecule has 0 radical (unpaired) electrons. The maximum absolute atomic E-state index is 13.4. The molecule has 1 aromatic carbocycles. The summed E-state index contributed by atoms with van der Waals surface area (Å²) in [6.45, 7) is 2.12. The molecule has 1 saturated heterocycles. The number of ether oxygens (including phenoxy) is 1. The summed E-state index contributed by atoms with van der Waals surface area (Å²) in [7, 11) is 0. The second-order valence-corrected chi connectivity index (χ2v) is 6.16. The number of aromatic nitrogens is 2. The summed E-state index contributed by atoms with van der Waals surface area (Å²) in [4.78, 5) is 19.9. The number of amides is 1. The Labute approximate surface area is 138 Å². The number of fused-ring (bicyclic) bond motifs is 3. The van der Waals surface area contributed by atoms with Crippen molar-refractivity contribution in [1.82, 2.24) is 15.3 Å². The molecule has 0 aliphatic carbocycles. The zero-order valence-corrected chi connectivity index (χ0v) is 13.1. The van der Waals surface area contributed by atoms with Crippen LogP contribution in [0.2, 0.25) is 0 Å². The lowest BCUT2D eigenvalue weighted by Crippen LogP contribution is -2.32. The number of carbonyl (C=O) groups excluding carboxylic acids is 1. The number of carbonyl (C=O) groups is 1. The van der Waals surface area contributed by atoms with E-state index in [9.17, 15) is 9.18 Å². The van der Waals surface area contributed by atoms with E-state index in [-0.39, 0.29) is 11.7 Å². The van der Waals surface area contributed by atoms with Gasteiger partial charge in [0.2, 0.25) is 0 Å². The van der Waals surface area contributed by atoms with Crippen LogP contribution in [-0.4, -0.2) is 35.6 Å². The van der Waals surface area contributed by atoms with E-state index in [4.69, 9.17) is 4.74 Å². The van der Waals surface area contributed by atoms with Crippen molar-refractivity contribution in [3.8, 4) is 0 Å². The van der Waals surface area contributed by atoms with Crippen LogP contribution in [0.5, 0.6) is 0 Å². The summed E-state index contributed by atoms with van der Waals surface area (Å²) in [5.41, 5.74) is 1.65. The number of hydrogen-bond acceptors (Lipinski definition) is 3. The van der Waals surface area contributed by atoms with E-state index in [0.717, 1.165) is 36.8 Å². The van der Waals surface area contributed by atoms with Crippen molar-refractivity contribution in [2.24, 2.45) is 5.92 Å². The van der Waals surface area contributed by atoms with Gasteiger partial charge in [-0.2, -0.15) is 0 Å². The molecule has 0 atom stereocenters. The van der Waals surface area contributed by atoms with Crippen LogP contribution in [0.1, 0.15) is 23.3 Å². The Kier molecular flexibility index (Phi) is 3.90. The van der Waals surface area contributed by atoms with E-state index in [1.165, 1.54) is 12.1 Å². The SMILES string of the molecule is O=C(NCC1CCOCC1)c1nccc2c1[nH]c1cc(F)ccc12. The summed E-state index contributed by atoms with van der Waals surface area (Å²) < 4.78 is 18.8. The van der Waals surface area contributed by atoms with E-state index >= 15 is 0 Å². The van der Waals surface area contributed by atoms with Gasteiger partial charge in [-0.25, -0.2) is 9.37 Å². The minimum atomic E-state index is -0.312. The van der Waals surface area contributed by atoms with Gasteiger partial charge in [-0.05, 0) is 43.0 Å². The zero-order valence-electron chi connectivity index (χ0n) is 13.1. The van der Waals surface area contributed by atoms with Gasteiger partial charge in [-0.3, -0.25) is 4.79 Å². The molecule has 1 aliphatic rings. The Morgan fingerprint density at radius 3 is 2.96 bits per heavy atom. The number of halogens is 1. The van der Waals surface area contributed by atoms with E-state index in [0.29, 0.717) is 29.2 Å². The quantitative estimate of drug-likeness (QED) is 0.777. The van der Waals surface area contributed by atoms with E-state index in [1.807, 2.05) is 6.07 Å². The van der Waals surface area contributed by atoms with Crippen molar-refractivity contribution in [1.29, 1.82) is 0 Å². The molecule has 2 N–H and O–H groups in total. The molecule has 1 fully saturated rings. The number of pyridine rings is 1. The molecule has 6 heteroatoms. The highest BCUT2D eigenvalue weighted by Gasteiger charge is 2.18. The lowest BCUT2D eigenvalue weighted by Gasteiger charge is -2.22. The third-order valence-electron chi connectivity index (χ3n) is 4.59. The summed E-state index contributed by atoms with van der Waals surface area (Å²) in [6, 6.07) is 6.40. The summed E-state index contributed by atoms with van der Waals surface area (Å²) in [6.07, 6.45) is 3.54. The van der Waals surface area contributed by atoms with Crippen molar-refractivity contribution in [3.63, 3.8) is 0 Å².